The number of hydrogen-bond acceptors (Lipinski definition) is 7. The van der Waals surface area contributed by atoms with E-state index in [0.717, 1.165) is 66.3 Å². The van der Waals surface area contributed by atoms with Gasteiger partial charge in [-0.2, -0.15) is 0 Å². The first-order chi connectivity index (χ1) is 19.3. The van der Waals surface area contributed by atoms with Gasteiger partial charge in [-0.05, 0) is 88.0 Å². The van der Waals surface area contributed by atoms with Gasteiger partial charge in [0.15, 0.2) is 0 Å². The van der Waals surface area contributed by atoms with Gasteiger partial charge in [0.25, 0.3) is 5.91 Å². The summed E-state index contributed by atoms with van der Waals surface area (Å²) in [7, 11) is 0. The molecule has 3 aromatic rings. The molecule has 0 saturated carbocycles. The minimum atomic E-state index is -0.679. The van der Waals surface area contributed by atoms with E-state index in [0.29, 0.717) is 41.7 Å². The third-order valence-electron chi connectivity index (χ3n) is 7.24. The highest BCUT2D eigenvalue weighted by molar-refractivity contribution is 7.18. The van der Waals surface area contributed by atoms with Gasteiger partial charge in [-0.3, -0.25) is 14.5 Å². The molecule has 1 N–H and O–H groups in total. The molecular weight excluding hydrogens is 583 g/mol. The van der Waals surface area contributed by atoms with Crippen molar-refractivity contribution in [2.45, 2.75) is 52.9 Å². The third kappa shape index (κ3) is 8.41. The van der Waals surface area contributed by atoms with Crippen LogP contribution in [0.3, 0.4) is 0 Å². The second-order valence-corrected chi connectivity index (χ2v) is 11.6. The fourth-order valence-electron chi connectivity index (χ4n) is 4.99. The van der Waals surface area contributed by atoms with Crippen LogP contribution in [0.15, 0.2) is 36.4 Å². The quantitative estimate of drug-likeness (QED) is 0.220. The highest BCUT2D eigenvalue weighted by Crippen LogP contribution is 2.35. The van der Waals surface area contributed by atoms with Crippen LogP contribution in [0.4, 0.5) is 5.13 Å². The number of anilines is 1. The minimum Gasteiger partial charge on any atom is -0.493 e. The van der Waals surface area contributed by atoms with Crippen molar-refractivity contribution in [2.24, 2.45) is 5.92 Å². The monoisotopic (exact) mass is 620 g/mol. The number of halogens is 2. The van der Waals surface area contributed by atoms with Crippen molar-refractivity contribution in [3.63, 3.8) is 0 Å². The van der Waals surface area contributed by atoms with Crippen LogP contribution in [-0.2, 0) is 4.79 Å². The lowest BCUT2D eigenvalue weighted by Crippen LogP contribution is -2.37. The summed E-state index contributed by atoms with van der Waals surface area (Å²) in [5.41, 5.74) is 3.43. The molecule has 2 heterocycles. The number of piperidine rings is 1. The number of benzene rings is 2. The summed E-state index contributed by atoms with van der Waals surface area (Å²) in [5.74, 6) is -0.190. The molecule has 0 unspecified atom stereocenters. The van der Waals surface area contributed by atoms with Crippen LogP contribution < -0.4 is 9.64 Å². The molecule has 0 atom stereocenters. The van der Waals surface area contributed by atoms with Gasteiger partial charge in [0, 0.05) is 18.7 Å². The maximum Gasteiger partial charge on any atom is 0.306 e. The Morgan fingerprint density at radius 3 is 2.44 bits per heavy atom. The predicted molar refractivity (Wildman–Crippen MR) is 167 cm³/mol. The van der Waals surface area contributed by atoms with Crippen molar-refractivity contribution < 1.29 is 19.4 Å². The number of aromatic nitrogens is 2. The van der Waals surface area contributed by atoms with E-state index in [1.165, 1.54) is 11.3 Å². The Morgan fingerprint density at radius 1 is 1.12 bits per heavy atom. The zero-order valence-corrected chi connectivity index (χ0v) is 26.2. The molecule has 1 fully saturated rings. The number of carbonyl (C=O) groups is 2. The molecule has 1 aliphatic rings. The Bertz CT molecular complexity index is 1300. The molecule has 8 nitrogen and oxygen atoms in total. The van der Waals surface area contributed by atoms with E-state index >= 15 is 0 Å². The van der Waals surface area contributed by atoms with Gasteiger partial charge in [-0.1, -0.05) is 48.4 Å². The van der Waals surface area contributed by atoms with Crippen molar-refractivity contribution in [1.29, 1.82) is 0 Å². The summed E-state index contributed by atoms with van der Waals surface area (Å²) in [5, 5.41) is 19.7. The highest BCUT2D eigenvalue weighted by Gasteiger charge is 2.25. The average molecular weight is 622 g/mol. The number of carboxylic acids is 1. The van der Waals surface area contributed by atoms with Gasteiger partial charge in [0.1, 0.15) is 10.8 Å². The van der Waals surface area contributed by atoms with Gasteiger partial charge in [0.05, 0.1) is 23.1 Å². The van der Waals surface area contributed by atoms with Crippen molar-refractivity contribution >= 4 is 52.4 Å². The summed E-state index contributed by atoms with van der Waals surface area (Å²) in [4.78, 5) is 28.5. The number of amides is 1. The average Bonchev–Trinajstić information content (AvgIpc) is 3.43. The molecule has 1 aromatic heterocycles. The molecule has 1 saturated heterocycles. The zero-order chi connectivity index (χ0) is 28.6. The molecule has 0 radical (unpaired) electrons. The molecule has 1 amide bonds. The van der Waals surface area contributed by atoms with E-state index < -0.39 is 5.97 Å². The van der Waals surface area contributed by atoms with Gasteiger partial charge in [-0.15, -0.1) is 22.6 Å². The molecule has 0 aliphatic carbocycles. The molecular formula is C30H38Cl2N4O4S. The first-order valence-electron chi connectivity index (χ1n) is 13.9. The molecule has 4 rings (SSSR count). The van der Waals surface area contributed by atoms with E-state index in [-0.39, 0.29) is 24.2 Å². The number of nitrogens with zero attached hydrogens (tertiary/aromatic N) is 4. The maximum atomic E-state index is 13.4. The van der Waals surface area contributed by atoms with Gasteiger partial charge < -0.3 is 14.7 Å². The first kappa shape index (κ1) is 32.8. The summed E-state index contributed by atoms with van der Waals surface area (Å²) < 4.78 is 6.17. The Labute approximate surface area is 257 Å². The van der Waals surface area contributed by atoms with Crippen LogP contribution in [0.2, 0.25) is 5.02 Å². The smallest absolute Gasteiger partial charge is 0.306 e. The standard InChI is InChI=1S/C30H37ClN4O4S.ClH/c1-4-5-14-35(28(36)24-9-6-7-10-25(24)31)30-33-32-27(40-30)23-18-20(2)26(21(3)19-23)39-17-8-13-34-15-11-22(12-16-34)29(37)38;/h6-7,9-10,18-19,22H,4-5,8,11-17H2,1-3H3,(H,37,38);1H. The number of rotatable bonds is 12. The normalized spacial score (nSPS) is 14.0. The number of ether oxygens (including phenoxy) is 1. The molecule has 0 spiro atoms. The van der Waals surface area contributed by atoms with Crippen LogP contribution in [-0.4, -0.2) is 64.9 Å². The predicted octanol–water partition coefficient (Wildman–Crippen LogP) is 6.91. The fourth-order valence-corrected chi connectivity index (χ4v) is 6.06. The van der Waals surface area contributed by atoms with Crippen molar-refractivity contribution in [3.05, 3.63) is 58.1 Å². The van der Waals surface area contributed by atoms with Crippen LogP contribution in [0, 0.1) is 19.8 Å². The summed E-state index contributed by atoms with van der Waals surface area (Å²) in [6.07, 6.45) is 4.10. The largest absolute Gasteiger partial charge is 0.493 e. The number of hydrogen-bond donors (Lipinski definition) is 1. The maximum absolute atomic E-state index is 13.4. The number of unbranched alkanes of at least 4 members (excludes halogenated alkanes) is 1. The summed E-state index contributed by atoms with van der Waals surface area (Å²) in [6.45, 7) is 9.83. The van der Waals surface area contributed by atoms with Crippen molar-refractivity contribution in [1.82, 2.24) is 15.1 Å². The van der Waals surface area contributed by atoms with Crippen molar-refractivity contribution in [2.75, 3.05) is 37.7 Å². The fraction of sp³-hybridized carbons (Fsp3) is 0.467. The molecule has 11 heteroatoms. The van der Waals surface area contributed by atoms with Crippen molar-refractivity contribution in [3.8, 4) is 16.3 Å². The first-order valence-corrected chi connectivity index (χ1v) is 15.1. The van der Waals surface area contributed by atoms with Crippen LogP contribution >= 0.6 is 35.3 Å². The zero-order valence-electron chi connectivity index (χ0n) is 23.8. The lowest BCUT2D eigenvalue weighted by Gasteiger charge is -2.29. The highest BCUT2D eigenvalue weighted by atomic mass is 35.5. The number of carbonyl (C=O) groups excluding carboxylic acids is 1. The second kappa shape index (κ2) is 15.5. The Hall–Kier alpha value is -2.72. The number of carboxylic acid groups (broad SMARTS) is 1. The summed E-state index contributed by atoms with van der Waals surface area (Å²) >= 11 is 7.71. The Morgan fingerprint density at radius 2 is 1.80 bits per heavy atom. The molecule has 0 bridgehead atoms. The SMILES string of the molecule is CCCCN(C(=O)c1ccccc1Cl)c1nnc(-c2cc(C)c(OCCCN3CCC(C(=O)O)CC3)c(C)c2)s1.Cl. The number of aliphatic carboxylic acids is 1. The summed E-state index contributed by atoms with van der Waals surface area (Å²) in [6, 6.07) is 11.2. The Kier molecular flexibility index (Phi) is 12.4. The Balaban J connectivity index is 0.00000462. The lowest BCUT2D eigenvalue weighted by atomic mass is 9.97. The minimum absolute atomic E-state index is 0. The third-order valence-corrected chi connectivity index (χ3v) is 8.56. The molecule has 1 aliphatic heterocycles. The second-order valence-electron chi connectivity index (χ2n) is 10.3. The number of likely N-dealkylation sites (tertiary alicyclic amines) is 1. The van der Waals surface area contributed by atoms with Crippen LogP contribution in [0.25, 0.3) is 10.6 Å². The van der Waals surface area contributed by atoms with E-state index in [9.17, 15) is 14.7 Å². The molecule has 2 aromatic carbocycles. The van der Waals surface area contributed by atoms with Gasteiger partial charge in [-0.25, -0.2) is 0 Å². The van der Waals surface area contributed by atoms with E-state index in [4.69, 9.17) is 16.3 Å². The van der Waals surface area contributed by atoms with Crippen LogP contribution in [0.1, 0.15) is 60.5 Å². The lowest BCUT2D eigenvalue weighted by molar-refractivity contribution is -0.143. The van der Waals surface area contributed by atoms with E-state index in [1.807, 2.05) is 26.0 Å². The topological polar surface area (TPSA) is 95.9 Å². The van der Waals surface area contributed by atoms with E-state index in [1.54, 1.807) is 17.0 Å². The van der Waals surface area contributed by atoms with Gasteiger partial charge in [0.2, 0.25) is 5.13 Å². The number of aryl methyl sites for hydroxylation is 2. The molecule has 222 valence electrons. The van der Waals surface area contributed by atoms with E-state index in [2.05, 4.69) is 34.2 Å². The van der Waals surface area contributed by atoms with Crippen LogP contribution in [0.5, 0.6) is 5.75 Å². The molecule has 41 heavy (non-hydrogen) atoms. The van der Waals surface area contributed by atoms with Gasteiger partial charge >= 0.3 is 5.97 Å².